The average Bonchev–Trinajstić information content (AvgIpc) is 2.85. The molecule has 0 spiro atoms. The molecule has 0 aromatic heterocycles. The lowest BCUT2D eigenvalue weighted by molar-refractivity contribution is -0.0698. The molecule has 0 saturated carbocycles. The highest BCUT2D eigenvalue weighted by Gasteiger charge is 2.52. The number of hydrogen-bond acceptors (Lipinski definition) is 3. The summed E-state index contributed by atoms with van der Waals surface area (Å²) in [6.07, 6.45) is 0.102. The number of rotatable bonds is 6. The molecule has 0 amide bonds. The standard InChI is InChI=1S/C29H31FNO2Si/c1-28(2,3)27(33-34(22-12-6-4-7-13-22)23-14-8-5-9-15-23)25-20-32-19-18-29(25,21-31)24-16-10-11-17-26(24)30/h4-17,25,27H,18-20H2,1-3H3. The Bertz CT molecular complexity index is 1090. The lowest BCUT2D eigenvalue weighted by atomic mass is 9.62. The van der Waals surface area contributed by atoms with Crippen LogP contribution in [0.3, 0.4) is 0 Å². The first-order valence-electron chi connectivity index (χ1n) is 11.8. The first-order chi connectivity index (χ1) is 16.4. The molecule has 1 radical (unpaired) electrons. The zero-order valence-electron chi connectivity index (χ0n) is 20.0. The van der Waals surface area contributed by atoms with Gasteiger partial charge in [0.1, 0.15) is 5.82 Å². The van der Waals surface area contributed by atoms with Gasteiger partial charge in [-0.15, -0.1) is 0 Å². The molecule has 3 nitrogen and oxygen atoms in total. The SMILES string of the molecule is CC(C)(C)C(O[Si](c1ccccc1)c1ccccc1)C1COCCC1(C#N)c1ccccc1F. The number of ether oxygens (including phenoxy) is 1. The van der Waals surface area contributed by atoms with Gasteiger partial charge in [0.05, 0.1) is 24.2 Å². The van der Waals surface area contributed by atoms with E-state index in [0.29, 0.717) is 25.2 Å². The quantitative estimate of drug-likeness (QED) is 0.481. The Morgan fingerprint density at radius 2 is 1.53 bits per heavy atom. The predicted molar refractivity (Wildman–Crippen MR) is 135 cm³/mol. The van der Waals surface area contributed by atoms with Crippen LogP contribution in [-0.4, -0.2) is 28.4 Å². The largest absolute Gasteiger partial charge is 0.403 e. The van der Waals surface area contributed by atoms with E-state index in [9.17, 15) is 5.26 Å². The third-order valence-electron chi connectivity index (χ3n) is 6.66. The van der Waals surface area contributed by atoms with Crippen LogP contribution in [-0.2, 0) is 14.6 Å². The third kappa shape index (κ3) is 4.86. The van der Waals surface area contributed by atoms with Gasteiger partial charge in [0.25, 0.3) is 9.04 Å². The van der Waals surface area contributed by atoms with Crippen molar-refractivity contribution in [3.8, 4) is 6.07 Å². The molecule has 1 saturated heterocycles. The molecule has 1 heterocycles. The van der Waals surface area contributed by atoms with E-state index in [0.717, 1.165) is 10.4 Å². The highest BCUT2D eigenvalue weighted by molar-refractivity contribution is 6.80. The number of halogens is 1. The fraction of sp³-hybridized carbons (Fsp3) is 0.345. The van der Waals surface area contributed by atoms with E-state index in [1.807, 2.05) is 36.4 Å². The zero-order chi connectivity index (χ0) is 24.2. The van der Waals surface area contributed by atoms with Gasteiger partial charge in [0.2, 0.25) is 0 Å². The summed E-state index contributed by atoms with van der Waals surface area (Å²) in [4.78, 5) is 0. The van der Waals surface area contributed by atoms with E-state index in [1.54, 1.807) is 18.2 Å². The van der Waals surface area contributed by atoms with E-state index >= 15 is 4.39 Å². The Morgan fingerprint density at radius 1 is 0.971 bits per heavy atom. The molecule has 3 atom stereocenters. The average molecular weight is 473 g/mol. The van der Waals surface area contributed by atoms with Crippen molar-refractivity contribution in [1.29, 1.82) is 5.26 Å². The first-order valence-corrected chi connectivity index (χ1v) is 13.2. The van der Waals surface area contributed by atoms with Crippen LogP contribution in [0.25, 0.3) is 0 Å². The zero-order valence-corrected chi connectivity index (χ0v) is 21.0. The molecule has 0 aliphatic carbocycles. The number of nitrogens with zero attached hydrogens (tertiary/aromatic N) is 1. The van der Waals surface area contributed by atoms with Crippen molar-refractivity contribution in [2.24, 2.45) is 11.3 Å². The molecule has 175 valence electrons. The highest BCUT2D eigenvalue weighted by atomic mass is 28.3. The van der Waals surface area contributed by atoms with Gasteiger partial charge < -0.3 is 9.16 Å². The Morgan fingerprint density at radius 3 is 2.06 bits per heavy atom. The summed E-state index contributed by atoms with van der Waals surface area (Å²) in [6.45, 7) is 7.16. The van der Waals surface area contributed by atoms with Crippen LogP contribution in [0.4, 0.5) is 4.39 Å². The first kappa shape index (κ1) is 24.3. The van der Waals surface area contributed by atoms with Crippen molar-refractivity contribution < 1.29 is 13.6 Å². The summed E-state index contributed by atoms with van der Waals surface area (Å²) in [5, 5.41) is 12.8. The molecule has 3 unspecified atom stereocenters. The molecule has 0 bridgehead atoms. The van der Waals surface area contributed by atoms with Gasteiger partial charge in [-0.25, -0.2) is 4.39 Å². The molecule has 1 fully saturated rings. The summed E-state index contributed by atoms with van der Waals surface area (Å²) in [7, 11) is -1.64. The molecular formula is C29H31FNO2Si. The predicted octanol–water partition coefficient (Wildman–Crippen LogP) is 4.86. The van der Waals surface area contributed by atoms with Gasteiger partial charge >= 0.3 is 0 Å². The Hall–Kier alpha value is -2.78. The minimum Gasteiger partial charge on any atom is -0.403 e. The van der Waals surface area contributed by atoms with Crippen molar-refractivity contribution >= 4 is 19.4 Å². The summed E-state index contributed by atoms with van der Waals surface area (Å²) in [5.41, 5.74) is -0.892. The Labute approximate surface area is 203 Å². The maximum Gasteiger partial charge on any atom is 0.283 e. The summed E-state index contributed by atoms with van der Waals surface area (Å²) >= 11 is 0. The van der Waals surface area contributed by atoms with E-state index in [2.05, 4.69) is 51.1 Å². The molecule has 4 rings (SSSR count). The van der Waals surface area contributed by atoms with Crippen molar-refractivity contribution in [1.82, 2.24) is 0 Å². The topological polar surface area (TPSA) is 42.2 Å². The lowest BCUT2D eigenvalue weighted by Crippen LogP contribution is -2.57. The Kier molecular flexibility index (Phi) is 7.32. The van der Waals surface area contributed by atoms with Gasteiger partial charge in [-0.1, -0.05) is 99.6 Å². The minimum absolute atomic E-state index is 0.307. The van der Waals surface area contributed by atoms with Gasteiger partial charge in [0, 0.05) is 18.1 Å². The fourth-order valence-corrected chi connectivity index (χ4v) is 7.31. The van der Waals surface area contributed by atoms with Gasteiger partial charge in [0.15, 0.2) is 0 Å². The van der Waals surface area contributed by atoms with Crippen LogP contribution >= 0.6 is 0 Å². The molecular weight excluding hydrogens is 441 g/mol. The normalized spacial score (nSPS) is 21.7. The van der Waals surface area contributed by atoms with E-state index in [-0.39, 0.29) is 23.3 Å². The second kappa shape index (κ2) is 10.2. The number of benzene rings is 3. The molecule has 5 heteroatoms. The third-order valence-corrected chi connectivity index (χ3v) is 8.87. The monoisotopic (exact) mass is 472 g/mol. The van der Waals surface area contributed by atoms with Crippen LogP contribution < -0.4 is 10.4 Å². The van der Waals surface area contributed by atoms with Gasteiger partial charge in [-0.2, -0.15) is 5.26 Å². The van der Waals surface area contributed by atoms with Crippen molar-refractivity contribution in [2.75, 3.05) is 13.2 Å². The van der Waals surface area contributed by atoms with Gasteiger partial charge in [-0.05, 0) is 28.3 Å². The van der Waals surface area contributed by atoms with Crippen LogP contribution in [0, 0.1) is 28.5 Å². The Balaban J connectivity index is 1.82. The van der Waals surface area contributed by atoms with Crippen LogP contribution in [0.15, 0.2) is 84.9 Å². The van der Waals surface area contributed by atoms with Gasteiger partial charge in [-0.3, -0.25) is 0 Å². The van der Waals surface area contributed by atoms with Crippen molar-refractivity contribution in [3.05, 3.63) is 96.3 Å². The van der Waals surface area contributed by atoms with Crippen LogP contribution in [0.1, 0.15) is 32.8 Å². The molecule has 1 aliphatic heterocycles. The number of hydrogen-bond donors (Lipinski definition) is 0. The molecule has 1 aliphatic rings. The summed E-state index contributed by atoms with van der Waals surface area (Å²) in [6, 6.07) is 29.7. The molecule has 34 heavy (non-hydrogen) atoms. The minimum atomic E-state index is -1.64. The highest BCUT2D eigenvalue weighted by Crippen LogP contribution is 2.46. The van der Waals surface area contributed by atoms with E-state index < -0.39 is 14.5 Å². The van der Waals surface area contributed by atoms with Crippen molar-refractivity contribution in [2.45, 2.75) is 38.7 Å². The second-order valence-corrected chi connectivity index (χ2v) is 12.0. The van der Waals surface area contributed by atoms with Crippen LogP contribution in [0.5, 0.6) is 0 Å². The smallest absolute Gasteiger partial charge is 0.283 e. The maximum atomic E-state index is 15.1. The maximum absolute atomic E-state index is 15.1. The van der Waals surface area contributed by atoms with Crippen molar-refractivity contribution in [3.63, 3.8) is 0 Å². The fourth-order valence-electron chi connectivity index (χ4n) is 4.94. The second-order valence-electron chi connectivity index (χ2n) is 9.96. The molecule has 0 N–H and O–H groups in total. The molecule has 3 aromatic rings. The van der Waals surface area contributed by atoms with Crippen LogP contribution in [0.2, 0.25) is 0 Å². The molecule has 3 aromatic carbocycles. The van der Waals surface area contributed by atoms with E-state index in [4.69, 9.17) is 9.16 Å². The lowest BCUT2D eigenvalue weighted by Gasteiger charge is -2.48. The van der Waals surface area contributed by atoms with E-state index in [1.165, 1.54) is 6.07 Å². The summed E-state index contributed by atoms with van der Waals surface area (Å²) < 4.78 is 28.1. The number of nitriles is 1. The summed E-state index contributed by atoms with van der Waals surface area (Å²) in [5.74, 6) is -0.671.